The molecule has 0 aliphatic rings. The Kier molecular flexibility index (Phi) is 7.77. The Balaban J connectivity index is 2.41. The van der Waals surface area contributed by atoms with Crippen LogP contribution in [0.3, 0.4) is 0 Å². The number of ketones is 1. The van der Waals surface area contributed by atoms with Gasteiger partial charge in [0.25, 0.3) is 0 Å². The van der Waals surface area contributed by atoms with Gasteiger partial charge in [0.05, 0.1) is 28.4 Å². The predicted molar refractivity (Wildman–Crippen MR) is 111 cm³/mol. The number of hydrogen-bond acceptors (Lipinski definition) is 6. The summed E-state index contributed by atoms with van der Waals surface area (Å²) in [4.78, 5) is 15.3. The number of benzene rings is 2. The van der Waals surface area contributed by atoms with Gasteiger partial charge in [-0.1, -0.05) is 12.2 Å². The van der Waals surface area contributed by atoms with Crippen LogP contribution in [0.5, 0.6) is 23.0 Å². The second-order valence-corrected chi connectivity index (χ2v) is 6.06. The van der Waals surface area contributed by atoms with Crippen molar-refractivity contribution in [2.24, 2.45) is 4.99 Å². The number of rotatable bonds is 9. The topological polar surface area (TPSA) is 66.4 Å². The summed E-state index contributed by atoms with van der Waals surface area (Å²) in [5.74, 6) is 0.962. The van der Waals surface area contributed by atoms with Crippen LogP contribution in [-0.2, 0) is 4.79 Å². The van der Waals surface area contributed by atoms with Crippen LogP contribution in [0.25, 0.3) is 12.2 Å². The lowest BCUT2D eigenvalue weighted by molar-refractivity contribution is -0.115. The highest BCUT2D eigenvalue weighted by molar-refractivity contribution is 5.90. The lowest BCUT2D eigenvalue weighted by Gasteiger charge is -2.13. The predicted octanol–water partition coefficient (Wildman–Crippen LogP) is 4.71. The molecule has 0 amide bonds. The van der Waals surface area contributed by atoms with Gasteiger partial charge in [-0.15, -0.1) is 0 Å². The summed E-state index contributed by atoms with van der Waals surface area (Å²) in [6, 6.07) is 6.58. The highest BCUT2D eigenvalue weighted by atomic mass is 19.1. The molecule has 0 heterocycles. The first-order chi connectivity index (χ1) is 13.9. The largest absolute Gasteiger partial charge is 0.493 e. The Labute approximate surface area is 169 Å². The van der Waals surface area contributed by atoms with Gasteiger partial charge in [-0.3, -0.25) is 9.79 Å². The summed E-state index contributed by atoms with van der Waals surface area (Å²) >= 11 is 0. The molecule has 29 heavy (non-hydrogen) atoms. The molecular formula is C22H24FNO5. The second-order valence-electron chi connectivity index (χ2n) is 6.06. The number of aliphatic imine (C=N–C) groups is 1. The molecule has 2 aromatic rings. The van der Waals surface area contributed by atoms with Gasteiger partial charge in [0.2, 0.25) is 5.75 Å². The van der Waals surface area contributed by atoms with E-state index in [2.05, 4.69) is 4.99 Å². The molecule has 2 rings (SSSR count). The van der Waals surface area contributed by atoms with Gasteiger partial charge in [-0.25, -0.2) is 4.39 Å². The zero-order valence-corrected chi connectivity index (χ0v) is 17.1. The molecule has 0 unspecified atom stereocenters. The number of nitrogens with zero attached hydrogens (tertiary/aromatic N) is 1. The summed E-state index contributed by atoms with van der Waals surface area (Å²) < 4.78 is 35.5. The molecule has 0 spiro atoms. The van der Waals surface area contributed by atoms with Crippen molar-refractivity contribution in [1.82, 2.24) is 0 Å². The van der Waals surface area contributed by atoms with E-state index in [4.69, 9.17) is 18.9 Å². The number of methoxy groups -OCH3 is 4. The van der Waals surface area contributed by atoms with E-state index >= 15 is 0 Å². The second kappa shape index (κ2) is 10.3. The zero-order chi connectivity index (χ0) is 21.4. The van der Waals surface area contributed by atoms with Crippen molar-refractivity contribution in [2.45, 2.75) is 13.3 Å². The Bertz CT molecular complexity index is 912. The molecule has 0 aromatic heterocycles. The van der Waals surface area contributed by atoms with Crippen molar-refractivity contribution >= 4 is 29.8 Å². The summed E-state index contributed by atoms with van der Waals surface area (Å²) in [7, 11) is 5.97. The highest BCUT2D eigenvalue weighted by Gasteiger charge is 2.13. The molecule has 0 aliphatic carbocycles. The van der Waals surface area contributed by atoms with Crippen LogP contribution in [-0.4, -0.2) is 40.4 Å². The quantitative estimate of drug-likeness (QED) is 0.450. The van der Waals surface area contributed by atoms with Gasteiger partial charge in [0.1, 0.15) is 11.5 Å². The summed E-state index contributed by atoms with van der Waals surface area (Å²) in [5.41, 5.74) is 1.66. The van der Waals surface area contributed by atoms with Crippen LogP contribution in [0, 0.1) is 5.82 Å². The molecule has 0 radical (unpaired) electrons. The van der Waals surface area contributed by atoms with Gasteiger partial charge in [0.15, 0.2) is 23.1 Å². The standard InChI is InChI=1S/C22H24FNO5/c1-14(25)8-9-24-18-11-15(10-17(23)21(18)28-4)6-7-16-12-19(26-2)22(29-5)20(13-16)27-3/h6-7,9-13H,8H2,1-5H3/b7-6-,24-9?. The lowest BCUT2D eigenvalue weighted by Crippen LogP contribution is -1.95. The number of Topliss-reactive ketones (excluding diaryl/α,β-unsaturated/α-hetero) is 1. The average molecular weight is 401 g/mol. The third kappa shape index (κ3) is 5.57. The third-order valence-electron chi connectivity index (χ3n) is 4.01. The maximum absolute atomic E-state index is 14.4. The van der Waals surface area contributed by atoms with Gasteiger partial charge >= 0.3 is 0 Å². The van der Waals surface area contributed by atoms with Crippen LogP contribution in [0.15, 0.2) is 29.3 Å². The SMILES string of the molecule is COc1cc(/C=C\c2cc(F)c(OC)c(N=CCC(C)=O)c2)cc(OC)c1OC. The first-order valence-electron chi connectivity index (χ1n) is 8.81. The van der Waals surface area contributed by atoms with Crippen LogP contribution in [0.2, 0.25) is 0 Å². The van der Waals surface area contributed by atoms with Gasteiger partial charge in [-0.2, -0.15) is 0 Å². The molecular weight excluding hydrogens is 377 g/mol. The molecule has 6 nitrogen and oxygen atoms in total. The van der Waals surface area contributed by atoms with Gasteiger partial charge < -0.3 is 18.9 Å². The van der Waals surface area contributed by atoms with Gasteiger partial charge in [-0.05, 0) is 42.3 Å². The maximum Gasteiger partial charge on any atom is 0.203 e. The van der Waals surface area contributed by atoms with E-state index < -0.39 is 5.82 Å². The Morgan fingerprint density at radius 3 is 1.93 bits per heavy atom. The first kappa shape index (κ1) is 21.9. The fourth-order valence-electron chi connectivity index (χ4n) is 2.66. The summed E-state index contributed by atoms with van der Waals surface area (Å²) in [6.07, 6.45) is 5.12. The number of carbonyl (C=O) groups is 1. The fourth-order valence-corrected chi connectivity index (χ4v) is 2.66. The molecule has 0 aliphatic heterocycles. The van der Waals surface area contributed by atoms with E-state index in [0.29, 0.717) is 28.5 Å². The molecule has 0 atom stereocenters. The van der Waals surface area contributed by atoms with Crippen molar-refractivity contribution in [3.8, 4) is 23.0 Å². The van der Waals surface area contributed by atoms with E-state index in [1.54, 1.807) is 30.4 Å². The Morgan fingerprint density at radius 2 is 1.45 bits per heavy atom. The van der Waals surface area contributed by atoms with E-state index in [0.717, 1.165) is 5.56 Å². The average Bonchev–Trinajstić information content (AvgIpc) is 2.70. The molecule has 0 fully saturated rings. The number of hydrogen-bond donors (Lipinski definition) is 0. The number of ether oxygens (including phenoxy) is 4. The third-order valence-corrected chi connectivity index (χ3v) is 4.01. The van der Waals surface area contributed by atoms with Crippen molar-refractivity contribution < 1.29 is 28.1 Å². The smallest absolute Gasteiger partial charge is 0.203 e. The monoisotopic (exact) mass is 401 g/mol. The molecule has 0 N–H and O–H groups in total. The van der Waals surface area contributed by atoms with Crippen LogP contribution in [0.4, 0.5) is 10.1 Å². The van der Waals surface area contributed by atoms with E-state index in [1.165, 1.54) is 47.6 Å². The fraction of sp³-hybridized carbons (Fsp3) is 0.273. The van der Waals surface area contributed by atoms with Crippen molar-refractivity contribution in [3.05, 3.63) is 41.2 Å². The Hall–Kier alpha value is -3.35. The maximum atomic E-state index is 14.4. The van der Waals surface area contributed by atoms with Crippen molar-refractivity contribution in [2.75, 3.05) is 28.4 Å². The number of carbonyl (C=O) groups excluding carboxylic acids is 1. The van der Waals surface area contributed by atoms with Crippen molar-refractivity contribution in [1.29, 1.82) is 0 Å². The minimum absolute atomic E-state index is 0.0229. The molecule has 154 valence electrons. The summed E-state index contributed by atoms with van der Waals surface area (Å²) in [5, 5.41) is 0. The molecule has 7 heteroatoms. The molecule has 0 saturated heterocycles. The first-order valence-corrected chi connectivity index (χ1v) is 8.81. The zero-order valence-electron chi connectivity index (χ0n) is 17.1. The van der Waals surface area contributed by atoms with Crippen LogP contribution < -0.4 is 18.9 Å². The van der Waals surface area contributed by atoms with Crippen LogP contribution in [0.1, 0.15) is 24.5 Å². The summed E-state index contributed by atoms with van der Waals surface area (Å²) in [6.45, 7) is 1.46. The number of halogens is 1. The van der Waals surface area contributed by atoms with Crippen molar-refractivity contribution in [3.63, 3.8) is 0 Å². The van der Waals surface area contributed by atoms with Crippen LogP contribution >= 0.6 is 0 Å². The Morgan fingerprint density at radius 1 is 0.897 bits per heavy atom. The minimum Gasteiger partial charge on any atom is -0.493 e. The lowest BCUT2D eigenvalue weighted by atomic mass is 10.1. The highest BCUT2D eigenvalue weighted by Crippen LogP contribution is 2.39. The molecule has 0 bridgehead atoms. The van der Waals surface area contributed by atoms with E-state index in [-0.39, 0.29) is 18.0 Å². The molecule has 2 aromatic carbocycles. The van der Waals surface area contributed by atoms with Gasteiger partial charge in [0, 0.05) is 12.6 Å². The molecule has 0 saturated carbocycles. The van der Waals surface area contributed by atoms with E-state index in [9.17, 15) is 9.18 Å². The van der Waals surface area contributed by atoms with E-state index in [1.807, 2.05) is 0 Å². The minimum atomic E-state index is -0.547. The normalized spacial score (nSPS) is 11.1.